The van der Waals surface area contributed by atoms with E-state index in [4.69, 9.17) is 4.55 Å². The number of hydroxylamine groups is 1. The second-order valence-electron chi connectivity index (χ2n) is 11.0. The molecule has 0 aromatic carbocycles. The van der Waals surface area contributed by atoms with Gasteiger partial charge in [0.05, 0.1) is 20.1 Å². The second-order valence-corrected chi connectivity index (χ2v) is 12.4. The Labute approximate surface area is 217 Å². The molecule has 35 heavy (non-hydrogen) atoms. The van der Waals surface area contributed by atoms with Crippen LogP contribution in [0.25, 0.3) is 0 Å². The predicted molar refractivity (Wildman–Crippen MR) is 146 cm³/mol. The third-order valence-corrected chi connectivity index (χ3v) is 8.21. The van der Waals surface area contributed by atoms with E-state index in [1.807, 2.05) is 14.0 Å². The summed E-state index contributed by atoms with van der Waals surface area (Å²) in [7, 11) is -2.18. The minimum absolute atomic E-state index is 0.0741. The van der Waals surface area contributed by atoms with E-state index in [1.54, 1.807) is 0 Å². The Morgan fingerprint density at radius 1 is 0.743 bits per heavy atom. The lowest BCUT2D eigenvalue weighted by molar-refractivity contribution is -0.910. The number of hydrogen-bond acceptors (Lipinski definition) is 5. The smallest absolute Gasteiger partial charge is 0.267 e. The molecule has 0 fully saturated rings. The molecule has 3 unspecified atom stereocenters. The van der Waals surface area contributed by atoms with E-state index < -0.39 is 22.0 Å². The van der Waals surface area contributed by atoms with Gasteiger partial charge in [-0.15, -0.1) is 0 Å². The predicted octanol–water partition coefficient (Wildman–Crippen LogP) is 6.09. The number of nitrogens with zero attached hydrogens (tertiary/aromatic N) is 1. The van der Waals surface area contributed by atoms with Crippen molar-refractivity contribution >= 4 is 10.1 Å². The van der Waals surface area contributed by atoms with Gasteiger partial charge < -0.3 is 14.8 Å². The number of hydrogen-bond donors (Lipinski definition) is 4. The molecule has 0 aliphatic heterocycles. The highest BCUT2D eigenvalue weighted by molar-refractivity contribution is 7.85. The Morgan fingerprint density at radius 2 is 1.17 bits per heavy atom. The number of aliphatic hydroxyl groups is 1. The highest BCUT2D eigenvalue weighted by Crippen LogP contribution is 2.16. The standard InChI is InChI=1S/C27H58N2O5S/c1-4-6-7-8-9-10-11-12-13-14-15-16-17-18-19-21-26(28-31)22-20-23-29(3,5-2)24-27(30)25-35(32,33)34/h26-28,30-31H,4-25H2,1-3H3/p+1. The molecule has 0 aromatic heterocycles. The minimum atomic E-state index is -4.17. The largest absolute Gasteiger partial charge is 0.386 e. The molecule has 212 valence electrons. The van der Waals surface area contributed by atoms with Crippen LogP contribution in [0.2, 0.25) is 0 Å². The van der Waals surface area contributed by atoms with Crippen molar-refractivity contribution in [2.45, 2.75) is 142 Å². The average Bonchev–Trinajstić information content (AvgIpc) is 2.79. The third kappa shape index (κ3) is 22.7. The van der Waals surface area contributed by atoms with E-state index >= 15 is 0 Å². The number of nitrogens with one attached hydrogen (secondary N) is 1. The van der Waals surface area contributed by atoms with E-state index in [-0.39, 0.29) is 12.6 Å². The van der Waals surface area contributed by atoms with Crippen LogP contribution in [-0.2, 0) is 10.1 Å². The lowest BCUT2D eigenvalue weighted by atomic mass is 10.0. The first kappa shape index (κ1) is 34.8. The van der Waals surface area contributed by atoms with Crippen LogP contribution in [-0.4, -0.2) is 72.3 Å². The first-order chi connectivity index (χ1) is 16.7. The Morgan fingerprint density at radius 3 is 1.57 bits per heavy atom. The summed E-state index contributed by atoms with van der Waals surface area (Å²) in [6.45, 7) is 6.12. The summed E-state index contributed by atoms with van der Waals surface area (Å²) in [6, 6.07) is 0.0741. The molecule has 7 nitrogen and oxygen atoms in total. The molecular formula is C27H59N2O5S+. The zero-order valence-electron chi connectivity index (χ0n) is 23.2. The molecule has 8 heteroatoms. The lowest BCUT2D eigenvalue weighted by Crippen LogP contribution is -2.50. The van der Waals surface area contributed by atoms with Gasteiger partial charge in [-0.3, -0.25) is 4.55 Å². The zero-order valence-corrected chi connectivity index (χ0v) is 24.0. The van der Waals surface area contributed by atoms with Gasteiger partial charge in [-0.05, 0) is 26.2 Å². The lowest BCUT2D eigenvalue weighted by Gasteiger charge is -2.35. The van der Waals surface area contributed by atoms with Crippen molar-refractivity contribution in [3.8, 4) is 0 Å². The summed E-state index contributed by atoms with van der Waals surface area (Å²) >= 11 is 0. The molecule has 0 saturated carbocycles. The van der Waals surface area contributed by atoms with Crippen molar-refractivity contribution in [3.05, 3.63) is 0 Å². The Bertz CT molecular complexity index is 576. The van der Waals surface area contributed by atoms with Crippen LogP contribution >= 0.6 is 0 Å². The monoisotopic (exact) mass is 523 g/mol. The van der Waals surface area contributed by atoms with Gasteiger partial charge in [0, 0.05) is 6.04 Å². The van der Waals surface area contributed by atoms with E-state index in [9.17, 15) is 18.7 Å². The quantitative estimate of drug-likeness (QED) is 0.0473. The fourth-order valence-electron chi connectivity index (χ4n) is 4.94. The van der Waals surface area contributed by atoms with Gasteiger partial charge in [-0.2, -0.15) is 8.42 Å². The maximum atomic E-state index is 11.0. The van der Waals surface area contributed by atoms with Crippen LogP contribution in [0, 0.1) is 0 Å². The van der Waals surface area contributed by atoms with Crippen molar-refractivity contribution in [1.82, 2.24) is 5.48 Å². The molecule has 0 bridgehead atoms. The second kappa shape index (κ2) is 21.8. The van der Waals surface area contributed by atoms with Crippen LogP contribution in [0.3, 0.4) is 0 Å². The number of aliphatic hydroxyl groups excluding tert-OH is 1. The van der Waals surface area contributed by atoms with E-state index in [1.165, 1.54) is 89.9 Å². The van der Waals surface area contributed by atoms with E-state index in [0.717, 1.165) is 38.8 Å². The van der Waals surface area contributed by atoms with Gasteiger partial charge in [0.25, 0.3) is 10.1 Å². The van der Waals surface area contributed by atoms with Gasteiger partial charge in [0.15, 0.2) is 0 Å². The van der Waals surface area contributed by atoms with E-state index in [2.05, 4.69) is 12.4 Å². The Hall–Kier alpha value is -0.250. The third-order valence-electron chi connectivity index (χ3n) is 7.41. The topological polar surface area (TPSA) is 107 Å². The van der Waals surface area contributed by atoms with E-state index in [0.29, 0.717) is 4.48 Å². The fraction of sp³-hybridized carbons (Fsp3) is 1.00. The first-order valence-electron chi connectivity index (χ1n) is 14.5. The SMILES string of the molecule is CCCCCCCCCCCCCCCCCC(CCC[N+](C)(CC)CC(O)CS(=O)(=O)O)NO. The molecule has 4 N–H and O–H groups in total. The van der Waals surface area contributed by atoms with Crippen LogP contribution in [0.1, 0.15) is 129 Å². The molecular weight excluding hydrogens is 464 g/mol. The molecule has 0 saturated heterocycles. The molecule has 0 aliphatic carbocycles. The van der Waals surface area contributed by atoms with Crippen molar-refractivity contribution in [2.75, 3.05) is 32.4 Å². The van der Waals surface area contributed by atoms with Crippen molar-refractivity contribution in [2.24, 2.45) is 0 Å². The average molecular weight is 524 g/mol. The summed E-state index contributed by atoms with van der Waals surface area (Å²) in [6.07, 6.45) is 21.8. The van der Waals surface area contributed by atoms with Gasteiger partial charge in [-0.25, -0.2) is 5.48 Å². The van der Waals surface area contributed by atoms with Crippen LogP contribution in [0.4, 0.5) is 0 Å². The molecule has 0 amide bonds. The molecule has 0 radical (unpaired) electrons. The van der Waals surface area contributed by atoms with Crippen molar-refractivity contribution < 1.29 is 27.8 Å². The van der Waals surface area contributed by atoms with Crippen LogP contribution in [0.5, 0.6) is 0 Å². The molecule has 3 atom stereocenters. The summed E-state index contributed by atoms with van der Waals surface area (Å²) in [4.78, 5) is 0. The molecule has 0 heterocycles. The Kier molecular flexibility index (Phi) is 21.6. The van der Waals surface area contributed by atoms with Crippen molar-refractivity contribution in [1.29, 1.82) is 0 Å². The molecule has 0 rings (SSSR count). The zero-order chi connectivity index (χ0) is 26.4. The minimum Gasteiger partial charge on any atom is -0.386 e. The van der Waals surface area contributed by atoms with Gasteiger partial charge >= 0.3 is 0 Å². The highest BCUT2D eigenvalue weighted by Gasteiger charge is 2.26. The number of rotatable bonds is 26. The summed E-state index contributed by atoms with van der Waals surface area (Å²) < 4.78 is 31.5. The van der Waals surface area contributed by atoms with Crippen LogP contribution < -0.4 is 5.48 Å². The number of likely N-dealkylation sites (N-methyl/N-ethyl adjacent to an activating group) is 1. The van der Waals surface area contributed by atoms with Gasteiger partial charge in [0.2, 0.25) is 0 Å². The fourth-order valence-corrected chi connectivity index (χ4v) is 5.53. The summed E-state index contributed by atoms with van der Waals surface area (Å²) in [5.41, 5.74) is 2.46. The molecule has 0 aliphatic rings. The highest BCUT2D eigenvalue weighted by atomic mass is 32.2. The Balaban J connectivity index is 3.76. The first-order valence-corrected chi connectivity index (χ1v) is 16.1. The maximum absolute atomic E-state index is 11.0. The van der Waals surface area contributed by atoms with Crippen molar-refractivity contribution in [3.63, 3.8) is 0 Å². The number of quaternary nitrogens is 1. The number of unbranched alkanes of at least 4 members (excludes halogenated alkanes) is 14. The molecule has 0 aromatic rings. The van der Waals surface area contributed by atoms with Gasteiger partial charge in [-0.1, -0.05) is 103 Å². The van der Waals surface area contributed by atoms with Gasteiger partial charge in [0.1, 0.15) is 18.4 Å². The maximum Gasteiger partial charge on any atom is 0.267 e. The summed E-state index contributed by atoms with van der Waals surface area (Å²) in [5.74, 6) is -0.624. The van der Waals surface area contributed by atoms with Crippen LogP contribution in [0.15, 0.2) is 0 Å². The normalized spacial score (nSPS) is 15.7. The molecule has 0 spiro atoms. The summed E-state index contributed by atoms with van der Waals surface area (Å²) in [5, 5.41) is 19.5.